The monoisotopic (exact) mass is 374 g/mol. The molecule has 0 aliphatic carbocycles. The van der Waals surface area contributed by atoms with Crippen LogP contribution in [0, 0.1) is 0 Å². The number of hydrogen-bond donors (Lipinski definition) is 0. The van der Waals surface area contributed by atoms with E-state index in [2.05, 4.69) is 18.1 Å². The molecule has 1 amide bonds. The Labute approximate surface area is 158 Å². The van der Waals surface area contributed by atoms with Crippen molar-refractivity contribution in [1.29, 1.82) is 0 Å². The Morgan fingerprint density at radius 2 is 2.15 bits per heavy atom. The van der Waals surface area contributed by atoms with E-state index >= 15 is 0 Å². The first-order valence-corrected chi connectivity index (χ1v) is 9.74. The number of fused-ring (bicyclic) bond motifs is 1. The topological polar surface area (TPSA) is 59.7 Å². The summed E-state index contributed by atoms with van der Waals surface area (Å²) in [4.78, 5) is 20.6. The minimum Gasteiger partial charge on any atom is -0.443 e. The van der Waals surface area contributed by atoms with Gasteiger partial charge in [0.05, 0.1) is 17.1 Å². The number of nitrogens with zero attached hydrogens (tertiary/aromatic N) is 4. The minimum absolute atomic E-state index is 0.0800. The highest BCUT2D eigenvalue weighted by atomic mass is 32.2. The molecule has 6 nitrogen and oxygen atoms in total. The van der Waals surface area contributed by atoms with Gasteiger partial charge in [-0.1, -0.05) is 6.08 Å². The smallest absolute Gasteiger partial charge is 0.416 e. The van der Waals surface area contributed by atoms with Gasteiger partial charge in [0, 0.05) is 18.2 Å². The van der Waals surface area contributed by atoms with Gasteiger partial charge in [0.15, 0.2) is 5.65 Å². The van der Waals surface area contributed by atoms with Gasteiger partial charge in [0.2, 0.25) is 0 Å². The van der Waals surface area contributed by atoms with E-state index in [1.165, 1.54) is 4.91 Å². The predicted molar refractivity (Wildman–Crippen MR) is 106 cm³/mol. The predicted octanol–water partition coefficient (Wildman–Crippen LogP) is 4.96. The van der Waals surface area contributed by atoms with Gasteiger partial charge in [-0.25, -0.2) is 9.78 Å². The first kappa shape index (κ1) is 18.8. The molecule has 2 aromatic heterocycles. The van der Waals surface area contributed by atoms with Crippen LogP contribution in [0.2, 0.25) is 0 Å². The Kier molecular flexibility index (Phi) is 5.01. The third kappa shape index (κ3) is 3.87. The lowest BCUT2D eigenvalue weighted by atomic mass is 10.2. The zero-order chi connectivity index (χ0) is 19.1. The Morgan fingerprint density at radius 3 is 2.73 bits per heavy atom. The van der Waals surface area contributed by atoms with Crippen molar-refractivity contribution in [3.63, 3.8) is 0 Å². The van der Waals surface area contributed by atoms with Gasteiger partial charge >= 0.3 is 6.09 Å². The largest absolute Gasteiger partial charge is 0.443 e. The van der Waals surface area contributed by atoms with Crippen molar-refractivity contribution in [3.05, 3.63) is 35.0 Å². The molecule has 1 unspecified atom stereocenters. The third-order valence-corrected chi connectivity index (χ3v) is 5.25. The molecule has 0 aromatic carbocycles. The fourth-order valence-electron chi connectivity index (χ4n) is 2.91. The van der Waals surface area contributed by atoms with Crippen molar-refractivity contribution in [2.75, 3.05) is 4.90 Å². The van der Waals surface area contributed by atoms with E-state index in [1.807, 2.05) is 58.5 Å². The lowest BCUT2D eigenvalue weighted by Gasteiger charge is -2.30. The van der Waals surface area contributed by atoms with Crippen LogP contribution in [0.25, 0.3) is 5.65 Å². The average Bonchev–Trinajstić information content (AvgIpc) is 3.13. The van der Waals surface area contributed by atoms with Crippen LogP contribution in [0.3, 0.4) is 0 Å². The van der Waals surface area contributed by atoms with Crippen LogP contribution in [0.4, 0.5) is 10.6 Å². The van der Waals surface area contributed by atoms with E-state index in [9.17, 15) is 4.79 Å². The van der Waals surface area contributed by atoms with Crippen molar-refractivity contribution in [1.82, 2.24) is 14.6 Å². The average molecular weight is 375 g/mol. The molecule has 7 heteroatoms. The maximum Gasteiger partial charge on any atom is 0.416 e. The number of thioether (sulfide) groups is 1. The van der Waals surface area contributed by atoms with Gasteiger partial charge in [0.1, 0.15) is 11.4 Å². The summed E-state index contributed by atoms with van der Waals surface area (Å²) in [6.45, 7) is 11.7. The molecule has 0 spiro atoms. The van der Waals surface area contributed by atoms with Crippen LogP contribution in [-0.4, -0.2) is 32.3 Å². The molecule has 0 bridgehead atoms. The number of rotatable bonds is 3. The van der Waals surface area contributed by atoms with Gasteiger partial charge < -0.3 is 4.74 Å². The maximum absolute atomic E-state index is 12.9. The Balaban J connectivity index is 2.06. The number of ether oxygens (including phenoxy) is 1. The quantitative estimate of drug-likeness (QED) is 0.760. The third-order valence-electron chi connectivity index (χ3n) is 3.99. The van der Waals surface area contributed by atoms with Crippen molar-refractivity contribution in [2.24, 2.45) is 0 Å². The van der Waals surface area contributed by atoms with E-state index in [-0.39, 0.29) is 17.4 Å². The molecule has 0 radical (unpaired) electrons. The molecule has 3 heterocycles. The number of carbonyl (C=O) groups excluding carboxylic acids is 1. The second kappa shape index (κ2) is 6.95. The Bertz CT molecular complexity index is 851. The summed E-state index contributed by atoms with van der Waals surface area (Å²) in [5, 5.41) is 4.63. The Morgan fingerprint density at radius 1 is 1.42 bits per heavy atom. The summed E-state index contributed by atoms with van der Waals surface area (Å²) in [6, 6.07) is 3.75. The lowest BCUT2D eigenvalue weighted by Crippen LogP contribution is -2.42. The zero-order valence-corrected chi connectivity index (χ0v) is 17.0. The van der Waals surface area contributed by atoms with Gasteiger partial charge in [0.25, 0.3) is 0 Å². The first-order chi connectivity index (χ1) is 12.2. The molecule has 2 aromatic rings. The first-order valence-electron chi connectivity index (χ1n) is 8.86. The number of carbonyl (C=O) groups is 1. The zero-order valence-electron chi connectivity index (χ0n) is 16.2. The Hall–Kier alpha value is -2.02. The molecule has 0 saturated carbocycles. The molecule has 0 saturated heterocycles. The molecule has 1 atom stereocenters. The van der Waals surface area contributed by atoms with E-state index in [0.717, 1.165) is 17.8 Å². The summed E-state index contributed by atoms with van der Waals surface area (Å²) in [6.07, 6.45) is 4.50. The molecule has 1 aliphatic heterocycles. The van der Waals surface area contributed by atoms with Crippen LogP contribution < -0.4 is 4.90 Å². The normalized spacial score (nSPS) is 17.7. The second-order valence-corrected chi connectivity index (χ2v) is 9.19. The van der Waals surface area contributed by atoms with E-state index in [1.54, 1.807) is 15.6 Å². The van der Waals surface area contributed by atoms with Crippen molar-refractivity contribution >= 4 is 29.3 Å². The number of allylic oxidation sites excluding steroid dienone is 2. The lowest BCUT2D eigenvalue weighted by molar-refractivity contribution is 0.0568. The van der Waals surface area contributed by atoms with Crippen LogP contribution in [0.15, 0.2) is 29.3 Å². The molecular weight excluding hydrogens is 348 g/mol. The summed E-state index contributed by atoms with van der Waals surface area (Å²) in [5.74, 6) is 0.685. The number of aromatic nitrogens is 3. The molecule has 140 valence electrons. The summed E-state index contributed by atoms with van der Waals surface area (Å²) < 4.78 is 7.34. The number of amides is 1. The summed E-state index contributed by atoms with van der Waals surface area (Å²) in [7, 11) is 0. The van der Waals surface area contributed by atoms with Crippen LogP contribution in [0.1, 0.15) is 58.9 Å². The molecule has 3 rings (SSSR count). The van der Waals surface area contributed by atoms with E-state index in [4.69, 9.17) is 9.72 Å². The standard InChI is InChI=1S/C19H26N4O2S/c1-12(2)22(18(24)25-19(4,5)6)17-11-14(15-8-7-13(3)26-15)21-16-9-10-20-23(16)17/h7,9-12,15H,8H2,1-6H3. The highest BCUT2D eigenvalue weighted by Crippen LogP contribution is 2.43. The molecule has 1 aliphatic rings. The SMILES string of the molecule is CC1=CCC(c2cc(N(C(=O)OC(C)(C)C)C(C)C)n3nccc3n2)S1. The van der Waals surface area contributed by atoms with Crippen LogP contribution >= 0.6 is 11.8 Å². The number of hydrogen-bond acceptors (Lipinski definition) is 5. The summed E-state index contributed by atoms with van der Waals surface area (Å²) >= 11 is 1.81. The summed E-state index contributed by atoms with van der Waals surface area (Å²) in [5.41, 5.74) is 1.13. The minimum atomic E-state index is -0.564. The van der Waals surface area contributed by atoms with Crippen molar-refractivity contribution < 1.29 is 9.53 Å². The second-order valence-electron chi connectivity index (χ2n) is 7.74. The van der Waals surface area contributed by atoms with Gasteiger partial charge in [-0.15, -0.1) is 11.8 Å². The molecular formula is C19H26N4O2S. The van der Waals surface area contributed by atoms with E-state index in [0.29, 0.717) is 5.82 Å². The number of anilines is 1. The van der Waals surface area contributed by atoms with Gasteiger partial charge in [-0.2, -0.15) is 9.61 Å². The highest BCUT2D eigenvalue weighted by Gasteiger charge is 2.29. The van der Waals surface area contributed by atoms with E-state index < -0.39 is 5.60 Å². The highest BCUT2D eigenvalue weighted by molar-refractivity contribution is 8.03. The van der Waals surface area contributed by atoms with Crippen LogP contribution in [0.5, 0.6) is 0 Å². The fourth-order valence-corrected chi connectivity index (χ4v) is 3.98. The van der Waals surface area contributed by atoms with Crippen molar-refractivity contribution in [2.45, 2.75) is 64.9 Å². The molecule has 26 heavy (non-hydrogen) atoms. The molecule has 0 N–H and O–H groups in total. The fraction of sp³-hybridized carbons (Fsp3) is 0.526. The van der Waals surface area contributed by atoms with Crippen LogP contribution in [-0.2, 0) is 4.74 Å². The maximum atomic E-state index is 12.9. The van der Waals surface area contributed by atoms with Gasteiger partial charge in [-0.3, -0.25) is 4.90 Å². The van der Waals surface area contributed by atoms with Crippen molar-refractivity contribution in [3.8, 4) is 0 Å². The van der Waals surface area contributed by atoms with Gasteiger partial charge in [-0.05, 0) is 52.9 Å². The molecule has 0 fully saturated rings.